The summed E-state index contributed by atoms with van der Waals surface area (Å²) in [5.74, 6) is -0.209. The first-order chi connectivity index (χ1) is 15.0. The number of likely N-dealkylation sites (tertiary alicyclic amines) is 1. The lowest BCUT2D eigenvalue weighted by molar-refractivity contribution is -0.127. The average Bonchev–Trinajstić information content (AvgIpc) is 3.42. The predicted octanol–water partition coefficient (Wildman–Crippen LogP) is 3.08. The Bertz CT molecular complexity index is 930. The van der Waals surface area contributed by atoms with Gasteiger partial charge < -0.3 is 15.5 Å². The van der Waals surface area contributed by atoms with E-state index in [0.717, 1.165) is 19.5 Å². The van der Waals surface area contributed by atoms with Crippen molar-refractivity contribution in [2.24, 2.45) is 10.9 Å². The van der Waals surface area contributed by atoms with Gasteiger partial charge in [0.1, 0.15) is 11.6 Å². The number of halogens is 2. The van der Waals surface area contributed by atoms with E-state index in [4.69, 9.17) is 0 Å². The lowest BCUT2D eigenvalue weighted by atomic mass is 10.1. The van der Waals surface area contributed by atoms with Gasteiger partial charge in [0.25, 0.3) is 0 Å². The first-order valence-corrected chi connectivity index (χ1v) is 10.8. The molecule has 5 nitrogen and oxygen atoms in total. The van der Waals surface area contributed by atoms with Crippen molar-refractivity contribution >= 4 is 11.9 Å². The highest BCUT2D eigenvalue weighted by Gasteiger charge is 2.42. The minimum Gasteiger partial charge on any atom is -0.356 e. The van der Waals surface area contributed by atoms with Crippen molar-refractivity contribution < 1.29 is 13.6 Å². The number of guanidine groups is 1. The van der Waals surface area contributed by atoms with Crippen molar-refractivity contribution in [2.75, 3.05) is 26.7 Å². The SMILES string of the molecule is CN=C(NCC1CC(=O)N(CCc2ccccc2)C1)NC1CC1c1c(F)cccc1F. The first kappa shape index (κ1) is 21.3. The number of nitrogens with one attached hydrogen (secondary N) is 2. The molecule has 0 bridgehead atoms. The Morgan fingerprint density at radius 3 is 2.58 bits per heavy atom. The van der Waals surface area contributed by atoms with Gasteiger partial charge in [0.15, 0.2) is 5.96 Å². The zero-order valence-electron chi connectivity index (χ0n) is 17.7. The summed E-state index contributed by atoms with van der Waals surface area (Å²) in [4.78, 5) is 18.5. The molecule has 0 radical (unpaired) electrons. The Hall–Kier alpha value is -2.96. The molecule has 31 heavy (non-hydrogen) atoms. The fourth-order valence-electron chi connectivity index (χ4n) is 4.27. The van der Waals surface area contributed by atoms with E-state index >= 15 is 0 Å². The summed E-state index contributed by atoms with van der Waals surface area (Å²) >= 11 is 0. The minimum atomic E-state index is -0.502. The van der Waals surface area contributed by atoms with Crippen LogP contribution in [0.5, 0.6) is 0 Å². The Kier molecular flexibility index (Phi) is 6.49. The van der Waals surface area contributed by atoms with Crippen LogP contribution in [0.25, 0.3) is 0 Å². The molecule has 2 N–H and O–H groups in total. The smallest absolute Gasteiger partial charge is 0.223 e. The molecule has 1 saturated carbocycles. The quantitative estimate of drug-likeness (QED) is 0.529. The molecular formula is C24H28F2N4O. The maximum atomic E-state index is 14.0. The van der Waals surface area contributed by atoms with Crippen LogP contribution in [-0.4, -0.2) is 49.5 Å². The summed E-state index contributed by atoms with van der Waals surface area (Å²) in [7, 11) is 1.67. The zero-order valence-corrected chi connectivity index (χ0v) is 17.7. The summed E-state index contributed by atoms with van der Waals surface area (Å²) in [5, 5.41) is 6.52. The summed E-state index contributed by atoms with van der Waals surface area (Å²) in [6.45, 7) is 2.07. The predicted molar refractivity (Wildman–Crippen MR) is 117 cm³/mol. The highest BCUT2D eigenvalue weighted by atomic mass is 19.1. The second-order valence-electron chi connectivity index (χ2n) is 8.33. The van der Waals surface area contributed by atoms with Crippen molar-refractivity contribution in [2.45, 2.75) is 31.2 Å². The van der Waals surface area contributed by atoms with E-state index in [1.54, 1.807) is 7.05 Å². The van der Waals surface area contributed by atoms with E-state index in [-0.39, 0.29) is 29.3 Å². The van der Waals surface area contributed by atoms with E-state index in [9.17, 15) is 13.6 Å². The van der Waals surface area contributed by atoms with Gasteiger partial charge in [0.2, 0.25) is 5.91 Å². The average molecular weight is 427 g/mol. The van der Waals surface area contributed by atoms with E-state index in [1.165, 1.54) is 23.8 Å². The standard InChI is InChI=1S/C24H28F2N4O/c1-27-24(29-21-13-18(21)23-19(25)8-5-9-20(23)26)28-14-17-12-22(31)30(15-17)11-10-16-6-3-2-4-7-16/h2-9,17-18,21H,10-15H2,1H3,(H2,27,28,29). The van der Waals surface area contributed by atoms with Crippen LogP contribution in [0.4, 0.5) is 8.78 Å². The molecule has 2 aromatic rings. The van der Waals surface area contributed by atoms with Crippen LogP contribution in [-0.2, 0) is 11.2 Å². The third kappa shape index (κ3) is 5.21. The molecule has 1 amide bonds. The van der Waals surface area contributed by atoms with Gasteiger partial charge in [-0.3, -0.25) is 9.79 Å². The maximum absolute atomic E-state index is 14.0. The summed E-state index contributed by atoms with van der Waals surface area (Å²) < 4.78 is 28.0. The van der Waals surface area contributed by atoms with Crippen molar-refractivity contribution in [3.05, 3.63) is 71.3 Å². The largest absolute Gasteiger partial charge is 0.356 e. The number of carbonyl (C=O) groups is 1. The Morgan fingerprint density at radius 1 is 1.13 bits per heavy atom. The highest BCUT2D eigenvalue weighted by Crippen LogP contribution is 2.43. The first-order valence-electron chi connectivity index (χ1n) is 10.8. The number of nitrogens with zero attached hydrogens (tertiary/aromatic N) is 2. The van der Waals surface area contributed by atoms with Gasteiger partial charge in [0, 0.05) is 56.5 Å². The van der Waals surface area contributed by atoms with Gasteiger partial charge in [-0.15, -0.1) is 0 Å². The highest BCUT2D eigenvalue weighted by molar-refractivity contribution is 5.81. The molecule has 164 valence electrons. The van der Waals surface area contributed by atoms with Crippen LogP contribution in [0.2, 0.25) is 0 Å². The summed E-state index contributed by atoms with van der Waals surface area (Å²) in [6.07, 6.45) is 2.03. The van der Waals surface area contributed by atoms with Crippen LogP contribution >= 0.6 is 0 Å². The van der Waals surface area contributed by atoms with E-state index in [1.807, 2.05) is 23.1 Å². The number of rotatable bonds is 7. The fourth-order valence-corrected chi connectivity index (χ4v) is 4.27. The molecule has 3 atom stereocenters. The van der Waals surface area contributed by atoms with E-state index in [2.05, 4.69) is 27.8 Å². The Balaban J connectivity index is 1.23. The molecule has 4 rings (SSSR count). The summed E-state index contributed by atoms with van der Waals surface area (Å²) in [6, 6.07) is 14.1. The van der Waals surface area contributed by atoms with Gasteiger partial charge >= 0.3 is 0 Å². The van der Waals surface area contributed by atoms with Crippen LogP contribution in [0.3, 0.4) is 0 Å². The maximum Gasteiger partial charge on any atom is 0.223 e. The number of amides is 1. The second kappa shape index (κ2) is 9.45. The minimum absolute atomic E-state index is 0.0508. The molecule has 0 aromatic heterocycles. The lowest BCUT2D eigenvalue weighted by Crippen LogP contribution is -2.41. The van der Waals surface area contributed by atoms with Crippen molar-refractivity contribution in [1.82, 2.24) is 15.5 Å². The van der Waals surface area contributed by atoms with Crippen molar-refractivity contribution in [1.29, 1.82) is 0 Å². The van der Waals surface area contributed by atoms with Gasteiger partial charge in [-0.25, -0.2) is 8.78 Å². The monoisotopic (exact) mass is 426 g/mol. The number of aliphatic imine (C=N–C) groups is 1. The number of hydrogen-bond donors (Lipinski definition) is 2. The van der Waals surface area contributed by atoms with Gasteiger partial charge in [-0.05, 0) is 30.5 Å². The molecule has 1 aliphatic heterocycles. The molecular weight excluding hydrogens is 398 g/mol. The van der Waals surface area contributed by atoms with Gasteiger partial charge in [0.05, 0.1) is 0 Å². The van der Waals surface area contributed by atoms with Crippen LogP contribution in [0, 0.1) is 17.6 Å². The van der Waals surface area contributed by atoms with Gasteiger partial charge in [-0.2, -0.15) is 0 Å². The van der Waals surface area contributed by atoms with Crippen LogP contribution in [0.1, 0.15) is 29.9 Å². The normalized spacial score (nSPS) is 23.2. The third-order valence-corrected chi connectivity index (χ3v) is 6.07. The second-order valence-corrected chi connectivity index (χ2v) is 8.33. The molecule has 1 heterocycles. The number of carbonyl (C=O) groups excluding carboxylic acids is 1. The molecule has 2 aliphatic rings. The van der Waals surface area contributed by atoms with E-state index in [0.29, 0.717) is 25.3 Å². The van der Waals surface area contributed by atoms with Crippen LogP contribution in [0.15, 0.2) is 53.5 Å². The Morgan fingerprint density at radius 2 is 1.87 bits per heavy atom. The lowest BCUT2D eigenvalue weighted by Gasteiger charge is -2.18. The van der Waals surface area contributed by atoms with Crippen molar-refractivity contribution in [3.8, 4) is 0 Å². The van der Waals surface area contributed by atoms with E-state index < -0.39 is 11.6 Å². The van der Waals surface area contributed by atoms with Gasteiger partial charge in [-0.1, -0.05) is 36.4 Å². The topological polar surface area (TPSA) is 56.7 Å². The molecule has 1 aliphatic carbocycles. The molecule has 2 aromatic carbocycles. The number of benzene rings is 2. The third-order valence-electron chi connectivity index (χ3n) is 6.07. The fraction of sp³-hybridized carbons (Fsp3) is 0.417. The number of hydrogen-bond acceptors (Lipinski definition) is 2. The molecule has 7 heteroatoms. The Labute approximate surface area is 181 Å². The summed E-state index contributed by atoms with van der Waals surface area (Å²) in [5.41, 5.74) is 1.37. The molecule has 2 fully saturated rings. The molecule has 3 unspecified atom stereocenters. The molecule has 0 spiro atoms. The van der Waals surface area contributed by atoms with Crippen molar-refractivity contribution in [3.63, 3.8) is 0 Å². The zero-order chi connectivity index (χ0) is 21.8. The molecule has 1 saturated heterocycles. The van der Waals surface area contributed by atoms with Crippen LogP contribution < -0.4 is 10.6 Å².